The third kappa shape index (κ3) is 5.71. The van der Waals surface area contributed by atoms with Gasteiger partial charge in [0.2, 0.25) is 0 Å². The number of anilines is 2. The van der Waals surface area contributed by atoms with E-state index in [4.69, 9.17) is 23.2 Å². The lowest BCUT2D eigenvalue weighted by Gasteiger charge is -2.26. The molecular weight excluding hydrogens is 481 g/mol. The molecule has 11 heteroatoms. The summed E-state index contributed by atoms with van der Waals surface area (Å²) in [6.45, 7) is 6.29. The molecule has 0 spiro atoms. The molecule has 3 amide bonds. The maximum atomic E-state index is 13.1. The number of urea groups is 1. The minimum atomic E-state index is -3.12. The first-order chi connectivity index (χ1) is 14.4. The van der Waals surface area contributed by atoms with Crippen molar-refractivity contribution in [1.29, 1.82) is 0 Å². The number of halogens is 2. The fourth-order valence-corrected chi connectivity index (χ4v) is 5.61. The number of carbonyl (C=O) groups is 2. The fraction of sp³-hybridized carbons (Fsp3) is 0.400. The number of nitrogens with zero attached hydrogens (tertiary/aromatic N) is 1. The van der Waals surface area contributed by atoms with Crippen LogP contribution in [-0.4, -0.2) is 49.9 Å². The quantitative estimate of drug-likeness (QED) is 0.624. The average Bonchev–Trinajstić information content (AvgIpc) is 3.09. The number of carbonyl (C=O) groups excluding carboxylic acids is 2. The van der Waals surface area contributed by atoms with Gasteiger partial charge in [-0.05, 0) is 23.6 Å². The lowest BCUT2D eigenvalue weighted by atomic mass is 9.94. The Kier molecular flexibility index (Phi) is 6.90. The van der Waals surface area contributed by atoms with Crippen LogP contribution in [0.5, 0.6) is 0 Å². The molecule has 2 N–H and O–H groups in total. The van der Waals surface area contributed by atoms with Crippen molar-refractivity contribution in [3.8, 4) is 0 Å². The van der Waals surface area contributed by atoms with Crippen LogP contribution < -0.4 is 10.6 Å². The standard InChI is InChI=1S/C20H23Cl2N3O4S2/c1-20(2,3)15-11-12(18(26)25-7-9-31(28,29)10-8-25)17(30-15)24-19(27)23-14-6-4-5-13(21)16(14)22/h4-6,11H,7-10H2,1-3H3,(H2,23,24,27). The highest BCUT2D eigenvalue weighted by molar-refractivity contribution is 7.91. The van der Waals surface area contributed by atoms with E-state index in [2.05, 4.69) is 10.6 Å². The Morgan fingerprint density at radius 1 is 1.10 bits per heavy atom. The van der Waals surface area contributed by atoms with Crippen LogP contribution in [0.2, 0.25) is 10.0 Å². The van der Waals surface area contributed by atoms with Crippen LogP contribution in [-0.2, 0) is 15.3 Å². The minimum Gasteiger partial charge on any atom is -0.337 e. The topological polar surface area (TPSA) is 95.6 Å². The molecule has 1 fully saturated rings. The molecule has 2 aromatic rings. The zero-order valence-electron chi connectivity index (χ0n) is 17.3. The molecule has 0 unspecified atom stereocenters. The van der Waals surface area contributed by atoms with Crippen molar-refractivity contribution >= 4 is 67.0 Å². The molecular formula is C20H23Cl2N3O4S2. The van der Waals surface area contributed by atoms with Crippen molar-refractivity contribution in [2.24, 2.45) is 0 Å². The monoisotopic (exact) mass is 503 g/mol. The summed E-state index contributed by atoms with van der Waals surface area (Å²) in [5, 5.41) is 6.28. The number of sulfone groups is 1. The van der Waals surface area contributed by atoms with Gasteiger partial charge >= 0.3 is 6.03 Å². The van der Waals surface area contributed by atoms with E-state index in [0.29, 0.717) is 21.3 Å². The van der Waals surface area contributed by atoms with Gasteiger partial charge in [-0.3, -0.25) is 10.1 Å². The molecule has 0 aliphatic carbocycles. The zero-order chi connectivity index (χ0) is 23.0. The van der Waals surface area contributed by atoms with E-state index in [0.717, 1.165) is 4.88 Å². The third-order valence-electron chi connectivity index (χ3n) is 4.76. The van der Waals surface area contributed by atoms with Crippen molar-refractivity contribution in [2.75, 3.05) is 35.2 Å². The van der Waals surface area contributed by atoms with E-state index in [9.17, 15) is 18.0 Å². The Balaban J connectivity index is 1.85. The van der Waals surface area contributed by atoms with Crippen molar-refractivity contribution in [3.05, 3.63) is 44.8 Å². The van der Waals surface area contributed by atoms with Crippen LogP contribution in [0.1, 0.15) is 36.0 Å². The minimum absolute atomic E-state index is 0.0640. The van der Waals surface area contributed by atoms with Gasteiger partial charge in [0.05, 0.1) is 32.8 Å². The van der Waals surface area contributed by atoms with E-state index in [1.165, 1.54) is 16.2 Å². The summed E-state index contributed by atoms with van der Waals surface area (Å²) >= 11 is 13.4. The molecule has 3 rings (SSSR count). The van der Waals surface area contributed by atoms with Gasteiger partial charge in [0.15, 0.2) is 9.84 Å². The van der Waals surface area contributed by atoms with Gasteiger partial charge in [0.1, 0.15) is 5.00 Å². The predicted molar refractivity (Wildman–Crippen MR) is 127 cm³/mol. The lowest BCUT2D eigenvalue weighted by Crippen LogP contribution is -2.43. The fourth-order valence-electron chi connectivity index (χ4n) is 2.96. The summed E-state index contributed by atoms with van der Waals surface area (Å²) in [5.41, 5.74) is 0.437. The van der Waals surface area contributed by atoms with Gasteiger partial charge in [-0.2, -0.15) is 0 Å². The normalized spacial score (nSPS) is 16.1. The van der Waals surface area contributed by atoms with Gasteiger partial charge in [-0.25, -0.2) is 13.2 Å². The van der Waals surface area contributed by atoms with Crippen molar-refractivity contribution in [2.45, 2.75) is 26.2 Å². The average molecular weight is 504 g/mol. The molecule has 1 aliphatic rings. The molecule has 1 aliphatic heterocycles. The molecule has 0 bridgehead atoms. The second-order valence-corrected chi connectivity index (χ2v) is 12.4. The highest BCUT2D eigenvalue weighted by Gasteiger charge is 2.30. The highest BCUT2D eigenvalue weighted by Crippen LogP contribution is 2.37. The molecule has 168 valence electrons. The first kappa shape index (κ1) is 23.8. The number of hydrogen-bond donors (Lipinski definition) is 2. The Labute approximate surface area is 195 Å². The summed E-state index contributed by atoms with van der Waals surface area (Å²) in [6, 6.07) is 6.08. The molecule has 0 atom stereocenters. The SMILES string of the molecule is CC(C)(C)c1cc(C(=O)N2CCS(=O)(=O)CC2)c(NC(=O)Nc2cccc(Cl)c2Cl)s1. The second kappa shape index (κ2) is 8.97. The summed E-state index contributed by atoms with van der Waals surface area (Å²) in [4.78, 5) is 28.2. The van der Waals surface area contributed by atoms with Crippen molar-refractivity contribution in [1.82, 2.24) is 4.90 Å². The first-order valence-electron chi connectivity index (χ1n) is 9.53. The molecule has 0 radical (unpaired) electrons. The number of hydrogen-bond acceptors (Lipinski definition) is 5. The Morgan fingerprint density at radius 2 is 1.74 bits per heavy atom. The van der Waals surface area contributed by atoms with Crippen LogP contribution in [0.3, 0.4) is 0 Å². The number of nitrogens with one attached hydrogen (secondary N) is 2. The molecule has 1 aromatic carbocycles. The largest absolute Gasteiger partial charge is 0.337 e. The summed E-state index contributed by atoms with van der Waals surface area (Å²) in [5.74, 6) is -0.436. The maximum absolute atomic E-state index is 13.1. The van der Waals surface area contributed by atoms with Gasteiger partial charge in [-0.1, -0.05) is 50.0 Å². The van der Waals surface area contributed by atoms with Gasteiger partial charge in [0.25, 0.3) is 5.91 Å². The smallest absolute Gasteiger partial charge is 0.324 e. The van der Waals surface area contributed by atoms with Crippen LogP contribution in [0.25, 0.3) is 0 Å². The van der Waals surface area contributed by atoms with Gasteiger partial charge in [-0.15, -0.1) is 11.3 Å². The Bertz CT molecular complexity index is 1110. The van der Waals surface area contributed by atoms with E-state index in [-0.39, 0.29) is 40.9 Å². The first-order valence-corrected chi connectivity index (χ1v) is 12.9. The number of rotatable bonds is 3. The highest BCUT2D eigenvalue weighted by atomic mass is 35.5. The molecule has 7 nitrogen and oxygen atoms in total. The number of amides is 3. The zero-order valence-corrected chi connectivity index (χ0v) is 20.4. The van der Waals surface area contributed by atoms with E-state index < -0.39 is 15.9 Å². The Hall–Kier alpha value is -1.81. The van der Waals surface area contributed by atoms with E-state index in [1.54, 1.807) is 24.3 Å². The molecule has 1 aromatic heterocycles. The van der Waals surface area contributed by atoms with E-state index in [1.807, 2.05) is 20.8 Å². The molecule has 2 heterocycles. The lowest BCUT2D eigenvalue weighted by molar-refractivity contribution is 0.0771. The summed E-state index contributed by atoms with van der Waals surface area (Å²) < 4.78 is 23.4. The Morgan fingerprint density at radius 3 is 2.35 bits per heavy atom. The third-order valence-corrected chi connectivity index (χ3v) is 8.66. The number of thiophene rings is 1. The molecule has 0 saturated carbocycles. The maximum Gasteiger partial charge on any atom is 0.324 e. The van der Waals surface area contributed by atoms with Crippen molar-refractivity contribution in [3.63, 3.8) is 0 Å². The molecule has 31 heavy (non-hydrogen) atoms. The van der Waals surface area contributed by atoms with Crippen LogP contribution in [0.4, 0.5) is 15.5 Å². The summed E-state index contributed by atoms with van der Waals surface area (Å²) in [6.07, 6.45) is 0. The van der Waals surface area contributed by atoms with Crippen LogP contribution in [0.15, 0.2) is 24.3 Å². The number of benzene rings is 1. The van der Waals surface area contributed by atoms with Crippen LogP contribution >= 0.6 is 34.5 Å². The van der Waals surface area contributed by atoms with Gasteiger partial charge in [0, 0.05) is 18.0 Å². The second-order valence-electron chi connectivity index (χ2n) is 8.23. The predicted octanol–water partition coefficient (Wildman–Crippen LogP) is 4.87. The van der Waals surface area contributed by atoms with Crippen LogP contribution in [0, 0.1) is 0 Å². The van der Waals surface area contributed by atoms with Crippen molar-refractivity contribution < 1.29 is 18.0 Å². The summed E-state index contributed by atoms with van der Waals surface area (Å²) in [7, 11) is -3.12. The van der Waals surface area contributed by atoms with E-state index >= 15 is 0 Å². The molecule has 1 saturated heterocycles. The van der Waals surface area contributed by atoms with Gasteiger partial charge < -0.3 is 10.2 Å².